The number of hydrogen-bond acceptors (Lipinski definition) is 7. The number of carbonyl (C=O) groups is 3. The molecule has 2 aromatic carbocycles. The third-order valence-electron chi connectivity index (χ3n) is 5.89. The zero-order valence-electron chi connectivity index (χ0n) is 21.0. The predicted octanol–water partition coefficient (Wildman–Crippen LogP) is 3.31. The quantitative estimate of drug-likeness (QED) is 0.199. The van der Waals surface area contributed by atoms with Crippen LogP contribution in [0.25, 0.3) is 0 Å². The van der Waals surface area contributed by atoms with E-state index in [0.717, 1.165) is 11.8 Å². The van der Waals surface area contributed by atoms with Crippen molar-refractivity contribution in [3.8, 4) is 11.5 Å². The van der Waals surface area contributed by atoms with Crippen LogP contribution in [0.2, 0.25) is 0 Å². The molecule has 3 atom stereocenters. The SMILES string of the molecule is COc1ccc(C(CC=O)C(=O)NCCC2c3cc(C(=O)OC(C)(C)C)ccc3OC2C(=N)N)cc1. The van der Waals surface area contributed by atoms with Gasteiger partial charge in [-0.25, -0.2) is 4.79 Å². The molecule has 0 aliphatic carbocycles. The standard InChI is InChI=1S/C27H33N3O6/c1-27(2,3)36-26(33)17-7-10-22-21(15-17)20(23(35-22)24(28)29)11-13-30-25(32)19(12-14-31)16-5-8-18(34-4)9-6-16/h5-10,14-15,19-20,23H,11-13H2,1-4H3,(H3,28,29)(H,30,32). The fourth-order valence-electron chi connectivity index (χ4n) is 4.18. The van der Waals surface area contributed by atoms with Crippen molar-refractivity contribution < 1.29 is 28.6 Å². The number of methoxy groups -OCH3 is 1. The van der Waals surface area contributed by atoms with Gasteiger partial charge in [0.1, 0.15) is 29.2 Å². The van der Waals surface area contributed by atoms with Gasteiger partial charge in [-0.1, -0.05) is 12.1 Å². The van der Waals surface area contributed by atoms with Gasteiger partial charge >= 0.3 is 5.97 Å². The fourth-order valence-corrected chi connectivity index (χ4v) is 4.18. The molecule has 0 aromatic heterocycles. The number of hydrogen-bond donors (Lipinski definition) is 3. The van der Waals surface area contributed by atoms with Crippen molar-refractivity contribution in [1.29, 1.82) is 5.41 Å². The first-order chi connectivity index (χ1) is 17.0. The molecule has 9 nitrogen and oxygen atoms in total. The molecule has 0 bridgehead atoms. The van der Waals surface area contributed by atoms with Gasteiger partial charge in [-0.15, -0.1) is 0 Å². The summed E-state index contributed by atoms with van der Waals surface area (Å²) in [5.74, 6) is -0.666. The predicted molar refractivity (Wildman–Crippen MR) is 135 cm³/mol. The number of amides is 1. The summed E-state index contributed by atoms with van der Waals surface area (Å²) in [6.45, 7) is 5.64. The Morgan fingerprint density at radius 3 is 2.47 bits per heavy atom. The highest BCUT2D eigenvalue weighted by molar-refractivity contribution is 5.91. The highest BCUT2D eigenvalue weighted by Crippen LogP contribution is 2.41. The minimum absolute atomic E-state index is 0.0445. The van der Waals surface area contributed by atoms with Crippen LogP contribution < -0.4 is 20.5 Å². The maximum atomic E-state index is 12.9. The van der Waals surface area contributed by atoms with Crippen LogP contribution >= 0.6 is 0 Å². The number of benzene rings is 2. The lowest BCUT2D eigenvalue weighted by atomic mass is 9.90. The Kier molecular flexibility index (Phi) is 8.34. The molecule has 1 amide bonds. The Morgan fingerprint density at radius 2 is 1.89 bits per heavy atom. The zero-order valence-corrected chi connectivity index (χ0v) is 21.0. The maximum Gasteiger partial charge on any atom is 0.338 e. The molecule has 9 heteroatoms. The molecule has 3 unspecified atom stereocenters. The van der Waals surface area contributed by atoms with Crippen molar-refractivity contribution >= 4 is 24.0 Å². The summed E-state index contributed by atoms with van der Waals surface area (Å²) in [7, 11) is 1.56. The summed E-state index contributed by atoms with van der Waals surface area (Å²) in [5, 5.41) is 10.9. The van der Waals surface area contributed by atoms with E-state index in [1.807, 2.05) is 0 Å². The van der Waals surface area contributed by atoms with Gasteiger partial charge in [0.15, 0.2) is 6.10 Å². The molecule has 1 aliphatic rings. The second-order valence-corrected chi connectivity index (χ2v) is 9.66. The van der Waals surface area contributed by atoms with E-state index in [4.69, 9.17) is 25.4 Å². The van der Waals surface area contributed by atoms with Crippen molar-refractivity contribution in [3.63, 3.8) is 0 Å². The molecule has 192 valence electrons. The number of ether oxygens (including phenoxy) is 3. The summed E-state index contributed by atoms with van der Waals surface area (Å²) < 4.78 is 16.5. The summed E-state index contributed by atoms with van der Waals surface area (Å²) in [6, 6.07) is 12.0. The molecular weight excluding hydrogens is 462 g/mol. The minimum atomic E-state index is -0.710. The molecule has 0 fully saturated rings. The van der Waals surface area contributed by atoms with E-state index in [1.165, 1.54) is 0 Å². The Morgan fingerprint density at radius 1 is 1.19 bits per heavy atom. The third-order valence-corrected chi connectivity index (χ3v) is 5.89. The summed E-state index contributed by atoms with van der Waals surface area (Å²) in [6.07, 6.45) is 0.470. The van der Waals surface area contributed by atoms with Crippen LogP contribution in [0.4, 0.5) is 0 Å². The van der Waals surface area contributed by atoms with Gasteiger partial charge in [-0.3, -0.25) is 10.2 Å². The number of carbonyl (C=O) groups excluding carboxylic acids is 3. The second-order valence-electron chi connectivity index (χ2n) is 9.66. The summed E-state index contributed by atoms with van der Waals surface area (Å²) in [5.41, 5.74) is 6.97. The van der Waals surface area contributed by atoms with Crippen LogP contribution in [0.5, 0.6) is 11.5 Å². The molecule has 36 heavy (non-hydrogen) atoms. The average molecular weight is 496 g/mol. The molecule has 0 saturated carbocycles. The number of fused-ring (bicyclic) bond motifs is 1. The van der Waals surface area contributed by atoms with Crippen molar-refractivity contribution in [2.45, 2.75) is 57.2 Å². The monoisotopic (exact) mass is 495 g/mol. The van der Waals surface area contributed by atoms with Gasteiger partial charge in [-0.2, -0.15) is 0 Å². The topological polar surface area (TPSA) is 141 Å². The number of esters is 1. The summed E-state index contributed by atoms with van der Waals surface area (Å²) >= 11 is 0. The van der Waals surface area contributed by atoms with Gasteiger partial charge in [0.05, 0.1) is 18.6 Å². The van der Waals surface area contributed by atoms with Gasteiger partial charge in [0.25, 0.3) is 0 Å². The largest absolute Gasteiger partial charge is 0.497 e. The highest BCUT2D eigenvalue weighted by Gasteiger charge is 2.37. The number of nitrogens with one attached hydrogen (secondary N) is 2. The Labute approximate surface area is 210 Å². The van der Waals surface area contributed by atoms with Crippen molar-refractivity contribution in [2.24, 2.45) is 5.73 Å². The molecule has 4 N–H and O–H groups in total. The third kappa shape index (κ3) is 6.41. The van der Waals surface area contributed by atoms with Crippen LogP contribution in [0.3, 0.4) is 0 Å². The molecule has 2 aromatic rings. The van der Waals surface area contributed by atoms with Crippen molar-refractivity contribution in [3.05, 3.63) is 59.2 Å². The number of aldehydes is 1. The van der Waals surface area contributed by atoms with Crippen LogP contribution in [0.1, 0.15) is 66.9 Å². The average Bonchev–Trinajstić information content (AvgIpc) is 3.19. The maximum absolute atomic E-state index is 12.9. The van der Waals surface area contributed by atoms with E-state index in [1.54, 1.807) is 70.3 Å². The lowest BCUT2D eigenvalue weighted by Gasteiger charge is -2.20. The molecule has 3 rings (SSSR count). The molecule has 1 aliphatic heterocycles. The lowest BCUT2D eigenvalue weighted by Crippen LogP contribution is -2.37. The first kappa shape index (κ1) is 26.7. The lowest BCUT2D eigenvalue weighted by molar-refractivity contribution is -0.124. The van der Waals surface area contributed by atoms with E-state index in [2.05, 4.69) is 5.32 Å². The zero-order chi connectivity index (χ0) is 26.5. The van der Waals surface area contributed by atoms with E-state index in [0.29, 0.717) is 29.0 Å². The van der Waals surface area contributed by atoms with Gasteiger partial charge in [0, 0.05) is 24.4 Å². The number of nitrogens with two attached hydrogens (primary N) is 1. The number of rotatable bonds is 10. The van der Waals surface area contributed by atoms with Gasteiger partial charge in [0.2, 0.25) is 5.91 Å². The smallest absolute Gasteiger partial charge is 0.338 e. The van der Waals surface area contributed by atoms with Crippen LogP contribution in [-0.4, -0.2) is 49.4 Å². The van der Waals surface area contributed by atoms with E-state index >= 15 is 0 Å². The Balaban J connectivity index is 1.73. The number of amidine groups is 1. The van der Waals surface area contributed by atoms with Gasteiger partial charge in [-0.05, 0) is 63.1 Å². The highest BCUT2D eigenvalue weighted by atomic mass is 16.6. The molecule has 0 saturated heterocycles. The fraction of sp³-hybridized carbons (Fsp3) is 0.407. The molecule has 0 radical (unpaired) electrons. The van der Waals surface area contributed by atoms with Crippen LogP contribution in [-0.2, 0) is 14.3 Å². The molecular formula is C27H33N3O6. The van der Waals surface area contributed by atoms with E-state index < -0.39 is 23.6 Å². The van der Waals surface area contributed by atoms with Crippen molar-refractivity contribution in [2.75, 3.05) is 13.7 Å². The molecule has 1 heterocycles. The van der Waals surface area contributed by atoms with Crippen LogP contribution in [0.15, 0.2) is 42.5 Å². The first-order valence-corrected chi connectivity index (χ1v) is 11.8. The Bertz CT molecular complexity index is 1120. The molecule has 0 spiro atoms. The van der Waals surface area contributed by atoms with E-state index in [9.17, 15) is 14.4 Å². The normalized spacial score (nSPS) is 17.3. The van der Waals surface area contributed by atoms with E-state index in [-0.39, 0.29) is 30.6 Å². The van der Waals surface area contributed by atoms with Crippen molar-refractivity contribution in [1.82, 2.24) is 5.32 Å². The second kappa shape index (κ2) is 11.2. The minimum Gasteiger partial charge on any atom is -0.497 e. The summed E-state index contributed by atoms with van der Waals surface area (Å²) in [4.78, 5) is 36.7. The Hall–Kier alpha value is -3.88. The van der Waals surface area contributed by atoms with Crippen LogP contribution in [0, 0.1) is 5.41 Å². The van der Waals surface area contributed by atoms with Gasteiger partial charge < -0.3 is 30.1 Å². The first-order valence-electron chi connectivity index (χ1n) is 11.8.